The van der Waals surface area contributed by atoms with Crippen LogP contribution in [0, 0.1) is 3.57 Å². The molecule has 110 valence electrons. The molecule has 0 fully saturated rings. The normalized spacial score (nSPS) is 11.5. The third-order valence-electron chi connectivity index (χ3n) is 3.41. The number of Topliss-reactive ketones (excluding diaryl/α,β-unsaturated/α-hetero) is 1. The molecular weight excluding hydrogens is 439 g/mol. The third kappa shape index (κ3) is 4.39. The van der Waals surface area contributed by atoms with Gasteiger partial charge in [0.05, 0.1) is 0 Å². The second-order valence-electron chi connectivity index (χ2n) is 6.17. The first-order valence-electron chi connectivity index (χ1n) is 6.85. The lowest BCUT2D eigenvalue weighted by Gasteiger charge is -2.19. The van der Waals surface area contributed by atoms with Gasteiger partial charge in [-0.15, -0.1) is 0 Å². The average molecular weight is 457 g/mol. The number of carbonyl (C=O) groups excluding carboxylic acids is 1. The maximum atomic E-state index is 12.4. The third-order valence-corrected chi connectivity index (χ3v) is 4.85. The van der Waals surface area contributed by atoms with E-state index >= 15 is 0 Å². The predicted octanol–water partition coefficient (Wildman–Crippen LogP) is 5.78. The van der Waals surface area contributed by atoms with Crippen molar-refractivity contribution in [2.75, 3.05) is 0 Å². The zero-order valence-corrected chi connectivity index (χ0v) is 16.2. The van der Waals surface area contributed by atoms with Gasteiger partial charge in [0.25, 0.3) is 0 Å². The van der Waals surface area contributed by atoms with Gasteiger partial charge >= 0.3 is 0 Å². The van der Waals surface area contributed by atoms with Crippen LogP contribution >= 0.6 is 38.5 Å². The number of rotatable bonds is 3. The first-order chi connectivity index (χ1) is 9.77. The standard InChI is InChI=1S/C18H18BrIO/c1-18(2,3)13-6-4-12(5-7-13)10-17(21)15-11-14(19)8-9-16(15)20/h4-9,11H,10H2,1-3H3. The molecule has 0 N–H and O–H groups in total. The van der Waals surface area contributed by atoms with Crippen LogP contribution in [0.1, 0.15) is 42.3 Å². The summed E-state index contributed by atoms with van der Waals surface area (Å²) in [5.74, 6) is 0.157. The summed E-state index contributed by atoms with van der Waals surface area (Å²) in [5.41, 5.74) is 3.27. The van der Waals surface area contributed by atoms with Gasteiger partial charge in [-0.25, -0.2) is 0 Å². The monoisotopic (exact) mass is 456 g/mol. The van der Waals surface area contributed by atoms with Gasteiger partial charge in [0.1, 0.15) is 0 Å². The fourth-order valence-corrected chi connectivity index (χ4v) is 3.11. The summed E-state index contributed by atoms with van der Waals surface area (Å²) in [6, 6.07) is 14.2. The number of benzene rings is 2. The van der Waals surface area contributed by atoms with Gasteiger partial charge in [0.15, 0.2) is 5.78 Å². The molecule has 2 aromatic carbocycles. The zero-order valence-electron chi connectivity index (χ0n) is 12.4. The SMILES string of the molecule is CC(C)(C)c1ccc(CC(=O)c2cc(Br)ccc2I)cc1. The van der Waals surface area contributed by atoms with Crippen LogP contribution in [0.5, 0.6) is 0 Å². The predicted molar refractivity (Wildman–Crippen MR) is 100 cm³/mol. The Morgan fingerprint density at radius 3 is 2.29 bits per heavy atom. The van der Waals surface area contributed by atoms with Crippen molar-refractivity contribution in [2.24, 2.45) is 0 Å². The minimum atomic E-state index is 0.141. The molecule has 21 heavy (non-hydrogen) atoms. The van der Waals surface area contributed by atoms with Crippen LogP contribution in [-0.4, -0.2) is 5.78 Å². The molecule has 2 rings (SSSR count). The molecule has 0 aliphatic rings. The number of carbonyl (C=O) groups is 1. The van der Waals surface area contributed by atoms with Crippen LogP contribution in [0.25, 0.3) is 0 Å². The summed E-state index contributed by atoms with van der Waals surface area (Å²) in [4.78, 5) is 12.4. The summed E-state index contributed by atoms with van der Waals surface area (Å²) in [7, 11) is 0. The fourth-order valence-electron chi connectivity index (χ4n) is 2.11. The summed E-state index contributed by atoms with van der Waals surface area (Å²) < 4.78 is 1.93. The number of ketones is 1. The van der Waals surface area contributed by atoms with Crippen molar-refractivity contribution in [3.8, 4) is 0 Å². The Bertz CT molecular complexity index is 654. The Kier molecular flexibility index (Phi) is 5.25. The molecule has 0 aromatic heterocycles. The average Bonchev–Trinajstić information content (AvgIpc) is 2.41. The molecule has 0 unspecified atom stereocenters. The van der Waals surface area contributed by atoms with Gasteiger partial charge in [0, 0.05) is 20.0 Å². The van der Waals surface area contributed by atoms with Crippen LogP contribution in [0.3, 0.4) is 0 Å². The van der Waals surface area contributed by atoms with E-state index in [0.717, 1.165) is 19.2 Å². The minimum Gasteiger partial charge on any atom is -0.294 e. The van der Waals surface area contributed by atoms with E-state index in [9.17, 15) is 4.79 Å². The van der Waals surface area contributed by atoms with Crippen LogP contribution < -0.4 is 0 Å². The molecule has 0 atom stereocenters. The Labute approximate surface area is 148 Å². The highest BCUT2D eigenvalue weighted by Crippen LogP contribution is 2.23. The number of hydrogen-bond acceptors (Lipinski definition) is 1. The molecule has 3 heteroatoms. The summed E-state index contributed by atoms with van der Waals surface area (Å²) in [5, 5.41) is 0. The molecule has 0 saturated heterocycles. The highest BCUT2D eigenvalue weighted by Gasteiger charge is 2.15. The Morgan fingerprint density at radius 2 is 1.71 bits per heavy atom. The van der Waals surface area contributed by atoms with Crippen LogP contribution in [-0.2, 0) is 11.8 Å². The quantitative estimate of drug-likeness (QED) is 0.422. The van der Waals surface area contributed by atoms with Crippen molar-refractivity contribution in [2.45, 2.75) is 32.6 Å². The summed E-state index contributed by atoms with van der Waals surface area (Å²) in [6.07, 6.45) is 0.441. The van der Waals surface area contributed by atoms with E-state index < -0.39 is 0 Å². The van der Waals surface area contributed by atoms with Gasteiger partial charge < -0.3 is 0 Å². The molecule has 0 aliphatic heterocycles. The molecule has 0 bridgehead atoms. The largest absolute Gasteiger partial charge is 0.294 e. The van der Waals surface area contributed by atoms with Gasteiger partial charge in [-0.1, -0.05) is 61.0 Å². The molecular formula is C18H18BrIO. The molecule has 0 saturated carbocycles. The summed E-state index contributed by atoms with van der Waals surface area (Å²) in [6.45, 7) is 6.57. The smallest absolute Gasteiger partial charge is 0.168 e. The van der Waals surface area contributed by atoms with Crippen molar-refractivity contribution in [3.63, 3.8) is 0 Å². The highest BCUT2D eigenvalue weighted by atomic mass is 127. The first kappa shape index (κ1) is 16.7. The summed E-state index contributed by atoms with van der Waals surface area (Å²) >= 11 is 5.63. The molecule has 0 amide bonds. The molecule has 1 nitrogen and oxygen atoms in total. The van der Waals surface area contributed by atoms with Gasteiger partial charge in [-0.2, -0.15) is 0 Å². The van der Waals surface area contributed by atoms with Crippen molar-refractivity contribution >= 4 is 44.3 Å². The lowest BCUT2D eigenvalue weighted by atomic mass is 9.86. The van der Waals surface area contributed by atoms with Crippen LogP contribution in [0.4, 0.5) is 0 Å². The Morgan fingerprint density at radius 1 is 1.10 bits per heavy atom. The number of halogens is 2. The van der Waals surface area contributed by atoms with E-state index in [-0.39, 0.29) is 11.2 Å². The topological polar surface area (TPSA) is 17.1 Å². The van der Waals surface area contributed by atoms with Crippen molar-refractivity contribution in [1.82, 2.24) is 0 Å². The second kappa shape index (κ2) is 6.61. The van der Waals surface area contributed by atoms with E-state index in [1.54, 1.807) is 0 Å². The number of hydrogen-bond donors (Lipinski definition) is 0. The molecule has 2 aromatic rings. The highest BCUT2D eigenvalue weighted by molar-refractivity contribution is 14.1. The lowest BCUT2D eigenvalue weighted by molar-refractivity contribution is 0.0992. The lowest BCUT2D eigenvalue weighted by Crippen LogP contribution is -2.11. The van der Waals surface area contributed by atoms with Crippen molar-refractivity contribution in [3.05, 3.63) is 67.2 Å². The van der Waals surface area contributed by atoms with Crippen LogP contribution in [0.15, 0.2) is 46.9 Å². The first-order valence-corrected chi connectivity index (χ1v) is 8.72. The fraction of sp³-hybridized carbons (Fsp3) is 0.278. The van der Waals surface area contributed by atoms with Gasteiger partial charge in [-0.05, 0) is 57.3 Å². The van der Waals surface area contributed by atoms with E-state index in [2.05, 4.69) is 83.6 Å². The van der Waals surface area contributed by atoms with E-state index in [1.165, 1.54) is 5.56 Å². The molecule has 0 radical (unpaired) electrons. The Hall–Kier alpha value is -0.680. The molecule has 0 heterocycles. The van der Waals surface area contributed by atoms with Gasteiger partial charge in [0.2, 0.25) is 0 Å². The van der Waals surface area contributed by atoms with Gasteiger partial charge in [-0.3, -0.25) is 4.79 Å². The van der Waals surface area contributed by atoms with E-state index in [1.807, 2.05) is 18.2 Å². The minimum absolute atomic E-state index is 0.141. The molecule has 0 spiro atoms. The van der Waals surface area contributed by atoms with Crippen molar-refractivity contribution in [1.29, 1.82) is 0 Å². The van der Waals surface area contributed by atoms with Crippen LogP contribution in [0.2, 0.25) is 0 Å². The van der Waals surface area contributed by atoms with E-state index in [0.29, 0.717) is 6.42 Å². The maximum absolute atomic E-state index is 12.4. The second-order valence-corrected chi connectivity index (χ2v) is 8.25. The van der Waals surface area contributed by atoms with E-state index in [4.69, 9.17) is 0 Å². The Balaban J connectivity index is 2.18. The zero-order chi connectivity index (χ0) is 15.6. The van der Waals surface area contributed by atoms with Crippen molar-refractivity contribution < 1.29 is 4.79 Å². The maximum Gasteiger partial charge on any atom is 0.168 e. The molecule has 0 aliphatic carbocycles.